The van der Waals surface area contributed by atoms with Gasteiger partial charge in [-0.15, -0.1) is 0 Å². The average molecular weight is 515 g/mol. The summed E-state index contributed by atoms with van der Waals surface area (Å²) in [6, 6.07) is 54.4. The highest BCUT2D eigenvalue weighted by atomic mass is 15.1. The molecule has 0 radical (unpaired) electrons. The number of benzene rings is 6. The van der Waals surface area contributed by atoms with Crippen LogP contribution in [0.4, 0.5) is 28.4 Å². The quantitative estimate of drug-likeness (QED) is 0.218. The zero-order chi connectivity index (χ0) is 26.9. The largest absolute Gasteiger partial charge is 0.345 e. The first kappa shape index (κ1) is 24.0. The van der Waals surface area contributed by atoms with E-state index in [1.54, 1.807) is 0 Å². The van der Waals surface area contributed by atoms with E-state index in [0.29, 0.717) is 0 Å². The lowest BCUT2D eigenvalue weighted by Gasteiger charge is -2.28. The molecular weight excluding hydrogens is 484 g/mol. The zero-order valence-corrected chi connectivity index (χ0v) is 22.5. The third kappa shape index (κ3) is 4.34. The smallest absolute Gasteiger partial charge is 0.0543 e. The van der Waals surface area contributed by atoms with E-state index in [2.05, 4.69) is 162 Å². The Labute approximate surface area is 236 Å². The third-order valence-corrected chi connectivity index (χ3v) is 7.91. The first-order valence-electron chi connectivity index (χ1n) is 13.8. The van der Waals surface area contributed by atoms with Gasteiger partial charge < -0.3 is 9.80 Å². The molecule has 1 aliphatic carbocycles. The predicted molar refractivity (Wildman–Crippen MR) is 169 cm³/mol. The Balaban J connectivity index is 1.24. The molecule has 0 saturated heterocycles. The SMILES string of the molecule is CN(c1ccccc1)c1ccc(-c2ccc(N(c3ccccc3)c3cccc4c3-c3ccccc3C4)cc2)cc1. The number of hydrogen-bond acceptors (Lipinski definition) is 2. The van der Waals surface area contributed by atoms with Crippen LogP contribution >= 0.6 is 0 Å². The molecule has 0 aliphatic heterocycles. The van der Waals surface area contributed by atoms with Crippen molar-refractivity contribution in [3.63, 3.8) is 0 Å². The van der Waals surface area contributed by atoms with Gasteiger partial charge in [0.05, 0.1) is 5.69 Å². The summed E-state index contributed by atoms with van der Waals surface area (Å²) in [6.07, 6.45) is 0.983. The van der Waals surface area contributed by atoms with Gasteiger partial charge in [0, 0.05) is 35.4 Å². The van der Waals surface area contributed by atoms with Gasteiger partial charge in [-0.25, -0.2) is 0 Å². The topological polar surface area (TPSA) is 6.48 Å². The number of fused-ring (bicyclic) bond motifs is 3. The highest BCUT2D eigenvalue weighted by Gasteiger charge is 2.25. The fourth-order valence-electron chi connectivity index (χ4n) is 5.84. The Morgan fingerprint density at radius 2 is 0.925 bits per heavy atom. The molecule has 0 saturated carbocycles. The third-order valence-electron chi connectivity index (χ3n) is 7.91. The minimum atomic E-state index is 0.983. The molecule has 2 heteroatoms. The van der Waals surface area contributed by atoms with Gasteiger partial charge in [-0.3, -0.25) is 0 Å². The first-order chi connectivity index (χ1) is 19.8. The molecule has 0 N–H and O–H groups in total. The number of para-hydroxylation sites is 2. The molecule has 0 atom stereocenters. The molecule has 0 unspecified atom stereocenters. The monoisotopic (exact) mass is 514 g/mol. The van der Waals surface area contributed by atoms with E-state index >= 15 is 0 Å². The fraction of sp³-hybridized carbons (Fsp3) is 0.0526. The fourth-order valence-corrected chi connectivity index (χ4v) is 5.84. The van der Waals surface area contributed by atoms with Gasteiger partial charge in [-0.2, -0.15) is 0 Å². The molecule has 1 aliphatic rings. The average Bonchev–Trinajstić information content (AvgIpc) is 3.42. The molecule has 0 amide bonds. The second-order valence-corrected chi connectivity index (χ2v) is 10.3. The summed E-state index contributed by atoms with van der Waals surface area (Å²) in [5.74, 6) is 0. The predicted octanol–water partition coefficient (Wildman–Crippen LogP) is 10.2. The van der Waals surface area contributed by atoms with Crippen molar-refractivity contribution in [3.8, 4) is 22.3 Å². The van der Waals surface area contributed by atoms with E-state index in [0.717, 1.165) is 17.8 Å². The van der Waals surface area contributed by atoms with Crippen molar-refractivity contribution < 1.29 is 0 Å². The van der Waals surface area contributed by atoms with Crippen LogP contribution in [-0.2, 0) is 6.42 Å². The molecule has 6 aromatic carbocycles. The zero-order valence-electron chi connectivity index (χ0n) is 22.5. The van der Waals surface area contributed by atoms with Crippen LogP contribution in [0, 0.1) is 0 Å². The Kier molecular flexibility index (Phi) is 6.14. The number of nitrogens with zero attached hydrogens (tertiary/aromatic N) is 2. The summed E-state index contributed by atoms with van der Waals surface area (Å²) in [5.41, 5.74) is 13.7. The molecule has 7 rings (SSSR count). The molecule has 2 nitrogen and oxygen atoms in total. The lowest BCUT2D eigenvalue weighted by Crippen LogP contribution is -2.11. The van der Waals surface area contributed by atoms with Crippen LogP contribution in [-0.4, -0.2) is 7.05 Å². The number of rotatable bonds is 6. The highest BCUT2D eigenvalue weighted by molar-refractivity contribution is 5.93. The van der Waals surface area contributed by atoms with Crippen molar-refractivity contribution in [2.75, 3.05) is 16.8 Å². The van der Waals surface area contributed by atoms with Crippen LogP contribution in [0.15, 0.2) is 152 Å². The lowest BCUT2D eigenvalue weighted by molar-refractivity contribution is 1.21. The molecule has 0 fully saturated rings. The maximum absolute atomic E-state index is 2.39. The molecule has 0 bridgehead atoms. The van der Waals surface area contributed by atoms with Crippen molar-refractivity contribution in [2.24, 2.45) is 0 Å². The van der Waals surface area contributed by atoms with Gasteiger partial charge in [-0.05, 0) is 88.8 Å². The van der Waals surface area contributed by atoms with E-state index in [1.807, 2.05) is 6.07 Å². The van der Waals surface area contributed by atoms with Crippen molar-refractivity contribution >= 4 is 28.4 Å². The van der Waals surface area contributed by atoms with E-state index < -0.39 is 0 Å². The Morgan fingerprint density at radius 1 is 0.425 bits per heavy atom. The highest BCUT2D eigenvalue weighted by Crippen LogP contribution is 2.47. The summed E-state index contributed by atoms with van der Waals surface area (Å²) < 4.78 is 0. The Bertz CT molecular complexity index is 1760. The summed E-state index contributed by atoms with van der Waals surface area (Å²) in [5, 5.41) is 0. The molecule has 40 heavy (non-hydrogen) atoms. The van der Waals surface area contributed by atoms with Crippen molar-refractivity contribution in [1.82, 2.24) is 0 Å². The van der Waals surface area contributed by atoms with E-state index in [1.165, 1.54) is 50.4 Å². The molecule has 192 valence electrons. The first-order valence-corrected chi connectivity index (χ1v) is 13.8. The van der Waals surface area contributed by atoms with E-state index in [-0.39, 0.29) is 0 Å². The summed E-state index contributed by atoms with van der Waals surface area (Å²) >= 11 is 0. The maximum Gasteiger partial charge on any atom is 0.0543 e. The minimum absolute atomic E-state index is 0.983. The Morgan fingerprint density at radius 3 is 1.60 bits per heavy atom. The Hall–Kier alpha value is -5.08. The van der Waals surface area contributed by atoms with Gasteiger partial charge in [0.1, 0.15) is 0 Å². The van der Waals surface area contributed by atoms with Crippen LogP contribution in [0.5, 0.6) is 0 Å². The second-order valence-electron chi connectivity index (χ2n) is 10.3. The van der Waals surface area contributed by atoms with Crippen LogP contribution in [0.2, 0.25) is 0 Å². The van der Waals surface area contributed by atoms with Crippen LogP contribution < -0.4 is 9.80 Å². The van der Waals surface area contributed by atoms with E-state index in [4.69, 9.17) is 0 Å². The maximum atomic E-state index is 2.39. The molecular formula is C38H30N2. The molecule has 0 heterocycles. The minimum Gasteiger partial charge on any atom is -0.345 e. The van der Waals surface area contributed by atoms with Gasteiger partial charge in [0.2, 0.25) is 0 Å². The number of anilines is 5. The lowest BCUT2D eigenvalue weighted by atomic mass is 10.0. The molecule has 0 spiro atoms. The van der Waals surface area contributed by atoms with Crippen LogP contribution in [0.1, 0.15) is 11.1 Å². The normalized spacial score (nSPS) is 11.5. The molecule has 6 aromatic rings. The van der Waals surface area contributed by atoms with Gasteiger partial charge in [0.25, 0.3) is 0 Å². The van der Waals surface area contributed by atoms with Crippen LogP contribution in [0.3, 0.4) is 0 Å². The standard InChI is InChI=1S/C38H30N2/c1-39(32-13-4-2-5-14-32)33-23-19-28(20-24-33)29-21-25-35(26-22-29)40(34-15-6-3-7-16-34)37-18-10-12-31-27-30-11-8-9-17-36(30)38(31)37/h2-26H,27H2,1H3. The van der Waals surface area contributed by atoms with Crippen LogP contribution in [0.25, 0.3) is 22.3 Å². The van der Waals surface area contributed by atoms with Gasteiger partial charge in [0.15, 0.2) is 0 Å². The molecule has 0 aromatic heterocycles. The van der Waals surface area contributed by atoms with Crippen molar-refractivity contribution in [1.29, 1.82) is 0 Å². The summed E-state index contributed by atoms with van der Waals surface area (Å²) in [4.78, 5) is 4.60. The second kappa shape index (κ2) is 10.2. The summed E-state index contributed by atoms with van der Waals surface area (Å²) in [7, 11) is 2.11. The van der Waals surface area contributed by atoms with Gasteiger partial charge >= 0.3 is 0 Å². The van der Waals surface area contributed by atoms with Crippen molar-refractivity contribution in [3.05, 3.63) is 163 Å². The van der Waals surface area contributed by atoms with Crippen molar-refractivity contribution in [2.45, 2.75) is 6.42 Å². The number of hydrogen-bond donors (Lipinski definition) is 0. The summed E-state index contributed by atoms with van der Waals surface area (Å²) in [6.45, 7) is 0. The van der Waals surface area contributed by atoms with E-state index in [9.17, 15) is 0 Å². The van der Waals surface area contributed by atoms with Gasteiger partial charge in [-0.1, -0.05) is 97.1 Å².